The molecule has 0 aliphatic heterocycles. The monoisotopic (exact) mass is 455 g/mol. The number of rotatable bonds is 9. The molecule has 3 heterocycles. The van der Waals surface area contributed by atoms with Crippen molar-refractivity contribution in [3.05, 3.63) is 70.3 Å². The van der Waals surface area contributed by atoms with Crippen molar-refractivity contribution in [3.8, 4) is 9.88 Å². The number of benzene rings is 1. The van der Waals surface area contributed by atoms with Gasteiger partial charge >= 0.3 is 0 Å². The fourth-order valence-corrected chi connectivity index (χ4v) is 5.95. The van der Waals surface area contributed by atoms with Gasteiger partial charge in [0.2, 0.25) is 0 Å². The SMILES string of the molecule is CC[C@H](c1nnc(SCc2csc(-c3cccs3)n2)n1Cc1ccccc1)N(C)C. The summed E-state index contributed by atoms with van der Waals surface area (Å²) < 4.78 is 2.26. The summed E-state index contributed by atoms with van der Waals surface area (Å²) in [6.45, 7) is 2.97. The van der Waals surface area contributed by atoms with Crippen molar-refractivity contribution in [3.63, 3.8) is 0 Å². The number of hydrogen-bond acceptors (Lipinski definition) is 7. The Kier molecular flexibility index (Phi) is 6.99. The van der Waals surface area contributed by atoms with Crippen LogP contribution in [0.4, 0.5) is 0 Å². The molecule has 1 atom stereocenters. The number of aromatic nitrogens is 4. The van der Waals surface area contributed by atoms with E-state index in [9.17, 15) is 0 Å². The lowest BCUT2D eigenvalue weighted by atomic mass is 10.2. The van der Waals surface area contributed by atoms with Crippen molar-refractivity contribution < 1.29 is 0 Å². The molecule has 0 radical (unpaired) electrons. The molecule has 1 aromatic carbocycles. The zero-order valence-electron chi connectivity index (χ0n) is 17.4. The van der Waals surface area contributed by atoms with Crippen LogP contribution < -0.4 is 0 Å². The minimum absolute atomic E-state index is 0.236. The second-order valence-corrected chi connectivity index (χ2v) is 9.96. The molecule has 0 aliphatic rings. The summed E-state index contributed by atoms with van der Waals surface area (Å²) in [6, 6.07) is 14.9. The van der Waals surface area contributed by atoms with Crippen molar-refractivity contribution >= 4 is 34.4 Å². The molecule has 4 aromatic rings. The molecule has 0 saturated carbocycles. The summed E-state index contributed by atoms with van der Waals surface area (Å²) in [4.78, 5) is 8.25. The quantitative estimate of drug-likeness (QED) is 0.298. The van der Waals surface area contributed by atoms with Gasteiger partial charge in [0.25, 0.3) is 0 Å². The largest absolute Gasteiger partial charge is 0.300 e. The Hall–Kier alpha value is -2.00. The number of thiazole rings is 1. The molecule has 3 aromatic heterocycles. The molecule has 0 bridgehead atoms. The van der Waals surface area contributed by atoms with Gasteiger partial charge in [0.15, 0.2) is 11.0 Å². The van der Waals surface area contributed by atoms with Crippen LogP contribution in [0.2, 0.25) is 0 Å². The van der Waals surface area contributed by atoms with Crippen LogP contribution in [0, 0.1) is 0 Å². The maximum atomic E-state index is 4.81. The molecule has 0 fully saturated rings. The van der Waals surface area contributed by atoms with Crippen LogP contribution in [0.3, 0.4) is 0 Å². The lowest BCUT2D eigenvalue weighted by molar-refractivity contribution is 0.272. The molecule has 0 amide bonds. The Morgan fingerprint density at radius 1 is 1.07 bits per heavy atom. The van der Waals surface area contributed by atoms with Crippen molar-refractivity contribution in [2.75, 3.05) is 14.1 Å². The van der Waals surface area contributed by atoms with Crippen molar-refractivity contribution in [1.29, 1.82) is 0 Å². The van der Waals surface area contributed by atoms with Gasteiger partial charge in [0, 0.05) is 11.1 Å². The minimum Gasteiger partial charge on any atom is -0.300 e. The Balaban J connectivity index is 1.57. The highest BCUT2D eigenvalue weighted by Crippen LogP contribution is 2.31. The lowest BCUT2D eigenvalue weighted by Crippen LogP contribution is -2.23. The van der Waals surface area contributed by atoms with Gasteiger partial charge in [-0.25, -0.2) is 4.98 Å². The summed E-state index contributed by atoms with van der Waals surface area (Å²) in [6.07, 6.45) is 0.987. The number of thioether (sulfide) groups is 1. The first-order chi connectivity index (χ1) is 14.7. The zero-order valence-corrected chi connectivity index (χ0v) is 19.8. The molecule has 0 unspecified atom stereocenters. The predicted octanol–water partition coefficient (Wildman–Crippen LogP) is 5.82. The van der Waals surface area contributed by atoms with E-state index in [1.807, 2.05) is 6.07 Å². The standard InChI is InChI=1S/C22H25N5S3/c1-4-18(26(2)3)20-24-25-22(27(20)13-16-9-6-5-7-10-16)30-15-17-14-29-21(23-17)19-11-8-12-28-19/h5-12,14,18H,4,13,15H2,1-3H3/t18-/m1/s1. The molecule has 0 N–H and O–H groups in total. The third-order valence-corrected chi connectivity index (χ3v) is 7.80. The van der Waals surface area contributed by atoms with E-state index in [1.54, 1.807) is 34.4 Å². The van der Waals surface area contributed by atoms with Gasteiger partial charge in [0.1, 0.15) is 5.01 Å². The Bertz CT molecular complexity index is 1050. The third-order valence-electron chi connectivity index (χ3n) is 4.87. The van der Waals surface area contributed by atoms with Crippen molar-refractivity contribution in [2.45, 2.75) is 36.8 Å². The van der Waals surface area contributed by atoms with Crippen LogP contribution in [-0.2, 0) is 12.3 Å². The van der Waals surface area contributed by atoms with E-state index in [1.165, 1.54) is 10.4 Å². The molecular formula is C22H25N5S3. The van der Waals surface area contributed by atoms with E-state index < -0.39 is 0 Å². The molecule has 5 nitrogen and oxygen atoms in total. The lowest BCUT2D eigenvalue weighted by Gasteiger charge is -2.23. The van der Waals surface area contributed by atoms with Crippen LogP contribution in [0.15, 0.2) is 58.4 Å². The zero-order chi connectivity index (χ0) is 20.9. The maximum absolute atomic E-state index is 4.81. The van der Waals surface area contributed by atoms with E-state index in [0.717, 1.165) is 40.4 Å². The second kappa shape index (κ2) is 9.87. The van der Waals surface area contributed by atoms with Crippen LogP contribution >= 0.6 is 34.4 Å². The number of hydrogen-bond donors (Lipinski definition) is 0. The van der Waals surface area contributed by atoms with Crippen LogP contribution in [0.25, 0.3) is 9.88 Å². The highest BCUT2D eigenvalue weighted by Gasteiger charge is 2.22. The molecule has 8 heteroatoms. The van der Waals surface area contributed by atoms with Crippen molar-refractivity contribution in [1.82, 2.24) is 24.6 Å². The summed E-state index contributed by atoms with van der Waals surface area (Å²) in [7, 11) is 4.20. The Labute approximate surface area is 189 Å². The molecule has 4 rings (SSSR count). The summed E-state index contributed by atoms with van der Waals surface area (Å²) >= 11 is 5.14. The predicted molar refractivity (Wildman–Crippen MR) is 127 cm³/mol. The first-order valence-corrected chi connectivity index (χ1v) is 12.6. The first kappa shape index (κ1) is 21.2. The van der Waals surface area contributed by atoms with E-state index >= 15 is 0 Å². The maximum Gasteiger partial charge on any atom is 0.191 e. The number of nitrogens with zero attached hydrogens (tertiary/aromatic N) is 5. The Morgan fingerprint density at radius 3 is 2.60 bits per heavy atom. The highest BCUT2D eigenvalue weighted by molar-refractivity contribution is 7.98. The molecule has 156 valence electrons. The molecule has 0 aliphatic carbocycles. The Morgan fingerprint density at radius 2 is 1.90 bits per heavy atom. The fraction of sp³-hybridized carbons (Fsp3) is 0.318. The summed E-state index contributed by atoms with van der Waals surface area (Å²) in [5.74, 6) is 1.81. The van der Waals surface area contributed by atoms with Gasteiger partial charge < -0.3 is 4.57 Å². The molecule has 30 heavy (non-hydrogen) atoms. The molecule has 0 saturated heterocycles. The second-order valence-electron chi connectivity index (χ2n) is 7.21. The van der Waals surface area contributed by atoms with E-state index in [0.29, 0.717) is 0 Å². The smallest absolute Gasteiger partial charge is 0.191 e. The normalized spacial score (nSPS) is 12.5. The summed E-state index contributed by atoms with van der Waals surface area (Å²) in [5, 5.41) is 15.4. The molecule has 0 spiro atoms. The van der Waals surface area contributed by atoms with Gasteiger partial charge in [0.05, 0.1) is 23.2 Å². The fourth-order valence-electron chi connectivity index (χ4n) is 3.37. The van der Waals surface area contributed by atoms with Gasteiger partial charge in [-0.2, -0.15) is 0 Å². The van der Waals surface area contributed by atoms with Crippen LogP contribution in [0.5, 0.6) is 0 Å². The topological polar surface area (TPSA) is 46.8 Å². The van der Waals surface area contributed by atoms with Gasteiger partial charge in [-0.05, 0) is 37.5 Å². The average Bonchev–Trinajstić information content (AvgIpc) is 3.49. The third kappa shape index (κ3) is 4.83. The average molecular weight is 456 g/mol. The minimum atomic E-state index is 0.236. The van der Waals surface area contributed by atoms with E-state index in [2.05, 4.69) is 87.8 Å². The first-order valence-electron chi connectivity index (χ1n) is 9.90. The molecular weight excluding hydrogens is 430 g/mol. The van der Waals surface area contributed by atoms with Crippen LogP contribution in [-0.4, -0.2) is 38.7 Å². The van der Waals surface area contributed by atoms with Crippen LogP contribution in [0.1, 0.15) is 36.5 Å². The summed E-state index contributed by atoms with van der Waals surface area (Å²) in [5.41, 5.74) is 2.34. The van der Waals surface area contributed by atoms with Gasteiger partial charge in [-0.3, -0.25) is 4.90 Å². The van der Waals surface area contributed by atoms with E-state index in [4.69, 9.17) is 4.98 Å². The van der Waals surface area contributed by atoms with Gasteiger partial charge in [-0.1, -0.05) is 55.1 Å². The van der Waals surface area contributed by atoms with E-state index in [-0.39, 0.29) is 6.04 Å². The van der Waals surface area contributed by atoms with Gasteiger partial charge in [-0.15, -0.1) is 32.9 Å². The highest BCUT2D eigenvalue weighted by atomic mass is 32.2. The number of thiophene rings is 1. The van der Waals surface area contributed by atoms with Crippen molar-refractivity contribution in [2.24, 2.45) is 0 Å².